The molecule has 0 aliphatic heterocycles. The first-order valence-electron chi connectivity index (χ1n) is 5.02. The van der Waals surface area contributed by atoms with Crippen molar-refractivity contribution in [2.75, 3.05) is 0 Å². The third kappa shape index (κ3) is 2.45. The van der Waals surface area contributed by atoms with Gasteiger partial charge in [0.25, 0.3) is 0 Å². The van der Waals surface area contributed by atoms with Gasteiger partial charge in [-0.25, -0.2) is 0 Å². The van der Waals surface area contributed by atoms with E-state index in [0.29, 0.717) is 5.56 Å². The van der Waals surface area contributed by atoms with Crippen LogP contribution in [0, 0.1) is 0 Å². The largest absolute Gasteiger partial charge is 0.289 e. The number of rotatable bonds is 3. The molecule has 0 atom stereocenters. The van der Waals surface area contributed by atoms with Crippen molar-refractivity contribution in [3.05, 3.63) is 59.9 Å². The Bertz CT molecular complexity index is 512. The van der Waals surface area contributed by atoms with Crippen molar-refractivity contribution in [3.8, 4) is 0 Å². The fraction of sp³-hybridized carbons (Fsp3) is 0.0769. The molecule has 1 heterocycles. The van der Waals surface area contributed by atoms with Crippen molar-refractivity contribution < 1.29 is 4.79 Å². The molecular weight excluding hydrogens is 200 g/mol. The minimum absolute atomic E-state index is 0.0306. The van der Waals surface area contributed by atoms with E-state index in [-0.39, 0.29) is 5.78 Å². The van der Waals surface area contributed by atoms with Crippen LogP contribution < -0.4 is 0 Å². The van der Waals surface area contributed by atoms with Gasteiger partial charge in [0.1, 0.15) is 0 Å². The quantitative estimate of drug-likeness (QED) is 0.578. The highest BCUT2D eigenvalue weighted by Gasteiger charge is 2.02. The molecule has 1 aromatic heterocycles. The monoisotopic (exact) mass is 212 g/mol. The van der Waals surface area contributed by atoms with Crippen LogP contribution in [-0.4, -0.2) is 15.6 Å². The molecule has 0 fully saturated rings. The predicted molar refractivity (Wildman–Crippen MR) is 63.0 cm³/mol. The Morgan fingerprint density at radius 2 is 2.06 bits per heavy atom. The Morgan fingerprint density at radius 1 is 1.31 bits per heavy atom. The smallest absolute Gasteiger partial charge is 0.189 e. The van der Waals surface area contributed by atoms with Crippen LogP contribution in [0.2, 0.25) is 0 Å². The van der Waals surface area contributed by atoms with Crippen molar-refractivity contribution >= 4 is 11.9 Å². The summed E-state index contributed by atoms with van der Waals surface area (Å²) < 4.78 is 1.61. The van der Waals surface area contributed by atoms with Gasteiger partial charge in [0.2, 0.25) is 0 Å². The lowest BCUT2D eigenvalue weighted by Gasteiger charge is -1.91. The van der Waals surface area contributed by atoms with Crippen molar-refractivity contribution in [1.29, 1.82) is 0 Å². The van der Waals surface area contributed by atoms with Gasteiger partial charge in [-0.3, -0.25) is 9.48 Å². The maximum Gasteiger partial charge on any atom is 0.189 e. The van der Waals surface area contributed by atoms with E-state index in [9.17, 15) is 4.79 Å². The first kappa shape index (κ1) is 10.4. The summed E-state index contributed by atoms with van der Waals surface area (Å²) in [6.45, 7) is 0. The fourth-order valence-electron chi connectivity index (χ4n) is 1.38. The third-order valence-corrected chi connectivity index (χ3v) is 2.22. The minimum Gasteiger partial charge on any atom is -0.289 e. The van der Waals surface area contributed by atoms with Crippen LogP contribution in [-0.2, 0) is 7.05 Å². The Hall–Kier alpha value is -2.16. The normalized spacial score (nSPS) is 10.8. The number of carbonyl (C=O) groups is 1. The molecule has 0 aliphatic carbocycles. The number of benzene rings is 1. The van der Waals surface area contributed by atoms with Gasteiger partial charge >= 0.3 is 0 Å². The molecule has 3 nitrogen and oxygen atoms in total. The summed E-state index contributed by atoms with van der Waals surface area (Å²) in [7, 11) is 1.79. The van der Waals surface area contributed by atoms with Gasteiger partial charge in [-0.2, -0.15) is 5.10 Å². The standard InChI is InChI=1S/C13H12N2O/c1-15-10-12(9-14-15)13(16)8-7-11-5-3-2-4-6-11/h2-10H,1H3/b8-7+. The Labute approximate surface area is 94.0 Å². The maximum absolute atomic E-state index is 11.7. The molecule has 16 heavy (non-hydrogen) atoms. The first-order chi connectivity index (χ1) is 7.75. The van der Waals surface area contributed by atoms with Crippen molar-refractivity contribution in [1.82, 2.24) is 9.78 Å². The van der Waals surface area contributed by atoms with Gasteiger partial charge in [-0.1, -0.05) is 36.4 Å². The molecule has 2 rings (SSSR count). The molecule has 80 valence electrons. The Kier molecular flexibility index (Phi) is 2.96. The summed E-state index contributed by atoms with van der Waals surface area (Å²) in [5, 5.41) is 3.95. The number of hydrogen-bond acceptors (Lipinski definition) is 2. The van der Waals surface area contributed by atoms with Crippen LogP contribution in [0.15, 0.2) is 48.8 Å². The van der Waals surface area contributed by atoms with Crippen molar-refractivity contribution in [2.45, 2.75) is 0 Å². The predicted octanol–water partition coefficient (Wildman–Crippen LogP) is 2.32. The molecule has 0 amide bonds. The highest BCUT2D eigenvalue weighted by atomic mass is 16.1. The molecule has 3 heteroatoms. The summed E-state index contributed by atoms with van der Waals surface area (Å²) in [6.07, 6.45) is 6.64. The number of ketones is 1. The number of aromatic nitrogens is 2. The summed E-state index contributed by atoms with van der Waals surface area (Å²) in [6, 6.07) is 9.72. The zero-order valence-corrected chi connectivity index (χ0v) is 9.00. The zero-order valence-electron chi connectivity index (χ0n) is 9.00. The van der Waals surface area contributed by atoms with E-state index in [2.05, 4.69) is 5.10 Å². The Morgan fingerprint density at radius 3 is 2.69 bits per heavy atom. The number of hydrogen-bond donors (Lipinski definition) is 0. The second kappa shape index (κ2) is 4.57. The highest BCUT2D eigenvalue weighted by molar-refractivity contribution is 6.06. The van der Waals surface area contributed by atoms with Gasteiger partial charge in [-0.15, -0.1) is 0 Å². The number of carbonyl (C=O) groups excluding carboxylic acids is 1. The molecule has 0 N–H and O–H groups in total. The third-order valence-electron chi connectivity index (χ3n) is 2.22. The second-order valence-corrected chi connectivity index (χ2v) is 3.51. The average Bonchev–Trinajstić information content (AvgIpc) is 2.74. The molecule has 1 aromatic carbocycles. The molecule has 0 saturated heterocycles. The lowest BCUT2D eigenvalue weighted by atomic mass is 10.1. The summed E-state index contributed by atoms with van der Waals surface area (Å²) in [5.41, 5.74) is 1.62. The lowest BCUT2D eigenvalue weighted by Crippen LogP contribution is -1.91. The SMILES string of the molecule is Cn1cc(C(=O)/C=C/c2ccccc2)cn1. The van der Waals surface area contributed by atoms with E-state index in [1.54, 1.807) is 36.3 Å². The highest BCUT2D eigenvalue weighted by Crippen LogP contribution is 2.04. The van der Waals surface area contributed by atoms with Crippen molar-refractivity contribution in [2.24, 2.45) is 7.05 Å². The number of nitrogens with zero attached hydrogens (tertiary/aromatic N) is 2. The van der Waals surface area contributed by atoms with Crippen LogP contribution in [0.5, 0.6) is 0 Å². The number of allylic oxidation sites excluding steroid dienone is 1. The fourth-order valence-corrected chi connectivity index (χ4v) is 1.38. The second-order valence-electron chi connectivity index (χ2n) is 3.51. The van der Waals surface area contributed by atoms with E-state index in [4.69, 9.17) is 0 Å². The van der Waals surface area contributed by atoms with Crippen molar-refractivity contribution in [3.63, 3.8) is 0 Å². The first-order valence-corrected chi connectivity index (χ1v) is 5.02. The average molecular weight is 212 g/mol. The van der Waals surface area contributed by atoms with Gasteiger partial charge in [0.05, 0.1) is 11.8 Å². The van der Waals surface area contributed by atoms with E-state index in [0.717, 1.165) is 5.56 Å². The van der Waals surface area contributed by atoms with Crippen LogP contribution >= 0.6 is 0 Å². The van der Waals surface area contributed by atoms with Crippen LogP contribution in [0.25, 0.3) is 6.08 Å². The van der Waals surface area contributed by atoms with E-state index in [1.807, 2.05) is 30.3 Å². The summed E-state index contributed by atoms with van der Waals surface area (Å²) >= 11 is 0. The topological polar surface area (TPSA) is 34.9 Å². The van der Waals surface area contributed by atoms with Gasteiger partial charge < -0.3 is 0 Å². The van der Waals surface area contributed by atoms with Gasteiger partial charge in [0, 0.05) is 13.2 Å². The maximum atomic E-state index is 11.7. The number of aryl methyl sites for hydroxylation is 1. The van der Waals surface area contributed by atoms with Gasteiger partial charge in [0.15, 0.2) is 5.78 Å². The summed E-state index contributed by atoms with van der Waals surface area (Å²) in [4.78, 5) is 11.7. The lowest BCUT2D eigenvalue weighted by molar-refractivity contribution is 0.104. The molecule has 0 bridgehead atoms. The molecule has 0 unspecified atom stereocenters. The summed E-state index contributed by atoms with van der Waals surface area (Å²) in [5.74, 6) is -0.0306. The van der Waals surface area contributed by atoms with Crippen LogP contribution in [0.1, 0.15) is 15.9 Å². The van der Waals surface area contributed by atoms with E-state index < -0.39 is 0 Å². The van der Waals surface area contributed by atoms with Gasteiger partial charge in [-0.05, 0) is 11.6 Å². The minimum atomic E-state index is -0.0306. The van der Waals surface area contributed by atoms with E-state index in [1.165, 1.54) is 0 Å². The zero-order chi connectivity index (χ0) is 11.4. The molecule has 2 aromatic rings. The molecule has 0 aliphatic rings. The molecule has 0 saturated carbocycles. The Balaban J connectivity index is 2.11. The molecule has 0 radical (unpaired) electrons. The molecular formula is C13H12N2O. The van der Waals surface area contributed by atoms with Crippen LogP contribution in [0.3, 0.4) is 0 Å². The van der Waals surface area contributed by atoms with Crippen LogP contribution in [0.4, 0.5) is 0 Å². The molecule has 0 spiro atoms. The van der Waals surface area contributed by atoms with E-state index >= 15 is 0 Å².